The third-order valence-corrected chi connectivity index (χ3v) is 5.93. The molecule has 3 rings (SSSR count). The fraction of sp³-hybridized carbons (Fsp3) is 0.800. The fourth-order valence-corrected chi connectivity index (χ4v) is 4.17. The fourth-order valence-electron chi connectivity index (χ4n) is 3.25. The van der Waals surface area contributed by atoms with Gasteiger partial charge < -0.3 is 9.47 Å². The highest BCUT2D eigenvalue weighted by molar-refractivity contribution is 7.96. The summed E-state index contributed by atoms with van der Waals surface area (Å²) < 4.78 is 4.58. The van der Waals surface area contributed by atoms with E-state index in [-0.39, 0.29) is 0 Å². The van der Waals surface area contributed by atoms with Gasteiger partial charge in [0.2, 0.25) is 0 Å². The van der Waals surface area contributed by atoms with Crippen molar-refractivity contribution in [3.63, 3.8) is 0 Å². The van der Waals surface area contributed by atoms with Gasteiger partial charge in [-0.15, -0.1) is 0 Å². The molecule has 0 N–H and O–H groups in total. The predicted octanol–water partition coefficient (Wildman–Crippen LogP) is 2.62. The van der Waals surface area contributed by atoms with E-state index in [1.165, 1.54) is 51.9 Å². The molecule has 0 atom stereocenters. The Hall–Kier alpha value is -0.520. The molecule has 0 spiro atoms. The quantitative estimate of drug-likeness (QED) is 0.800. The summed E-state index contributed by atoms with van der Waals surface area (Å²) in [7, 11) is 2.07. The molecule has 4 nitrogen and oxygen atoms in total. The average Bonchev–Trinajstić information content (AvgIpc) is 2.86. The summed E-state index contributed by atoms with van der Waals surface area (Å²) in [5.74, 6) is 0.935. The summed E-state index contributed by atoms with van der Waals surface area (Å²) in [4.78, 5) is 7.14. The second kappa shape index (κ2) is 6.50. The van der Waals surface area contributed by atoms with E-state index in [4.69, 9.17) is 0 Å². The van der Waals surface area contributed by atoms with Gasteiger partial charge in [0.15, 0.2) is 5.16 Å². The van der Waals surface area contributed by atoms with Crippen molar-refractivity contribution in [1.29, 1.82) is 0 Å². The number of aromatic nitrogens is 2. The van der Waals surface area contributed by atoms with Gasteiger partial charge >= 0.3 is 0 Å². The van der Waals surface area contributed by atoms with E-state index >= 15 is 0 Å². The molecule has 0 aliphatic carbocycles. The molecule has 2 fully saturated rings. The van der Waals surface area contributed by atoms with E-state index < -0.39 is 0 Å². The topological polar surface area (TPSA) is 24.3 Å². The minimum Gasteiger partial charge on any atom is -0.328 e. The highest BCUT2D eigenvalue weighted by atomic mass is 32.2. The first-order chi connectivity index (χ1) is 9.72. The molecule has 0 radical (unpaired) electrons. The zero-order valence-electron chi connectivity index (χ0n) is 12.7. The molecule has 1 aromatic rings. The molecule has 1 aromatic heterocycles. The lowest BCUT2D eigenvalue weighted by Crippen LogP contribution is -2.46. The average molecular weight is 294 g/mol. The zero-order valence-corrected chi connectivity index (χ0v) is 13.5. The van der Waals surface area contributed by atoms with Crippen LogP contribution in [0.15, 0.2) is 17.6 Å². The minimum atomic E-state index is 0.820. The maximum atomic E-state index is 4.40. The van der Waals surface area contributed by atoms with Crippen molar-refractivity contribution >= 4 is 11.9 Å². The predicted molar refractivity (Wildman–Crippen MR) is 83.6 cm³/mol. The maximum Gasteiger partial charge on any atom is 0.183 e. The Kier molecular flexibility index (Phi) is 4.68. The van der Waals surface area contributed by atoms with E-state index in [2.05, 4.69) is 32.7 Å². The van der Waals surface area contributed by atoms with Crippen LogP contribution in [0.5, 0.6) is 0 Å². The molecule has 0 aromatic carbocycles. The van der Waals surface area contributed by atoms with Crippen LogP contribution in [0.25, 0.3) is 0 Å². The lowest BCUT2D eigenvalue weighted by molar-refractivity contribution is 0.103. The van der Waals surface area contributed by atoms with Crippen LogP contribution in [0.2, 0.25) is 0 Å². The molecule has 0 unspecified atom stereocenters. The Bertz CT molecular complexity index is 417. The van der Waals surface area contributed by atoms with Crippen molar-refractivity contribution in [3.05, 3.63) is 12.4 Å². The normalized spacial score (nSPS) is 24.3. The molecule has 112 valence electrons. The summed E-state index contributed by atoms with van der Waals surface area (Å²) in [5.41, 5.74) is 0. The smallest absolute Gasteiger partial charge is 0.183 e. The van der Waals surface area contributed by atoms with Crippen LogP contribution < -0.4 is 0 Å². The van der Waals surface area contributed by atoms with Crippen molar-refractivity contribution < 1.29 is 0 Å². The minimum absolute atomic E-state index is 0.820. The number of imidazole rings is 1. The number of aryl methyl sites for hydroxylation is 1. The Morgan fingerprint density at radius 3 is 2.40 bits per heavy atom. The summed E-state index contributed by atoms with van der Waals surface area (Å²) in [5, 5.41) is 1.11. The molecule has 20 heavy (non-hydrogen) atoms. The van der Waals surface area contributed by atoms with E-state index in [9.17, 15) is 0 Å². The number of hydrogen-bond donors (Lipinski definition) is 0. The number of likely N-dealkylation sites (tertiary alicyclic amines) is 1. The van der Waals surface area contributed by atoms with Gasteiger partial charge in [-0.2, -0.15) is 0 Å². The first kappa shape index (κ1) is 14.4. The van der Waals surface area contributed by atoms with Gasteiger partial charge in [0.05, 0.1) is 0 Å². The maximum absolute atomic E-state index is 4.40. The second-order valence-corrected chi connectivity index (χ2v) is 7.35. The van der Waals surface area contributed by atoms with E-state index in [0.29, 0.717) is 0 Å². The molecule has 0 saturated carbocycles. The molecule has 0 bridgehead atoms. The number of hydrogen-bond acceptors (Lipinski definition) is 4. The van der Waals surface area contributed by atoms with Gasteiger partial charge in [0, 0.05) is 38.6 Å². The molecule has 2 aliphatic heterocycles. The van der Waals surface area contributed by atoms with Crippen LogP contribution in [-0.4, -0.2) is 51.0 Å². The number of rotatable bonds is 3. The molecule has 0 amide bonds. The SMILES string of the molecule is CC1CCN(C2CCN(Sc3nccn3C)CC2)CC1. The first-order valence-corrected chi connectivity index (χ1v) is 8.64. The lowest BCUT2D eigenvalue weighted by Gasteiger charge is -2.40. The molecule has 5 heteroatoms. The Morgan fingerprint density at radius 2 is 1.80 bits per heavy atom. The third kappa shape index (κ3) is 3.38. The monoisotopic (exact) mass is 294 g/mol. The molecular formula is C15H26N4S. The van der Waals surface area contributed by atoms with E-state index in [1.54, 1.807) is 0 Å². The third-order valence-electron chi connectivity index (χ3n) is 4.75. The summed E-state index contributed by atoms with van der Waals surface area (Å²) in [6.45, 7) is 7.41. The van der Waals surface area contributed by atoms with Gasteiger partial charge in [0.1, 0.15) is 0 Å². The molecule has 2 aliphatic rings. The largest absolute Gasteiger partial charge is 0.328 e. The van der Waals surface area contributed by atoms with Crippen LogP contribution in [0.3, 0.4) is 0 Å². The van der Waals surface area contributed by atoms with E-state index in [0.717, 1.165) is 17.1 Å². The van der Waals surface area contributed by atoms with Crippen LogP contribution in [0, 0.1) is 5.92 Å². The number of nitrogens with zero attached hydrogens (tertiary/aromatic N) is 4. The standard InChI is InChI=1S/C15H26N4S/c1-13-3-8-18(9-4-13)14-5-10-19(11-6-14)20-15-16-7-12-17(15)2/h7,12-14H,3-6,8-11H2,1-2H3. The molecule has 3 heterocycles. The zero-order chi connectivity index (χ0) is 13.9. The van der Waals surface area contributed by atoms with Crippen molar-refractivity contribution in [1.82, 2.24) is 18.8 Å². The first-order valence-electron chi connectivity index (χ1n) is 7.86. The summed E-state index contributed by atoms with van der Waals surface area (Å²) in [6.07, 6.45) is 9.30. The van der Waals surface area contributed by atoms with Gasteiger partial charge in [-0.3, -0.25) is 0 Å². The molecule has 2 saturated heterocycles. The van der Waals surface area contributed by atoms with Gasteiger partial charge in [-0.1, -0.05) is 6.92 Å². The Morgan fingerprint density at radius 1 is 1.10 bits per heavy atom. The second-order valence-electron chi connectivity index (χ2n) is 6.29. The van der Waals surface area contributed by atoms with Crippen molar-refractivity contribution in [3.8, 4) is 0 Å². The van der Waals surface area contributed by atoms with Gasteiger partial charge in [0.25, 0.3) is 0 Å². The van der Waals surface area contributed by atoms with Crippen LogP contribution in [-0.2, 0) is 7.05 Å². The lowest BCUT2D eigenvalue weighted by atomic mass is 9.95. The summed E-state index contributed by atoms with van der Waals surface area (Å²) in [6, 6.07) is 0.820. The Balaban J connectivity index is 1.46. The van der Waals surface area contributed by atoms with Crippen LogP contribution >= 0.6 is 11.9 Å². The highest BCUT2D eigenvalue weighted by Crippen LogP contribution is 2.28. The van der Waals surface area contributed by atoms with Crippen LogP contribution in [0.4, 0.5) is 0 Å². The van der Waals surface area contributed by atoms with E-state index in [1.807, 2.05) is 24.3 Å². The highest BCUT2D eigenvalue weighted by Gasteiger charge is 2.27. The van der Waals surface area contributed by atoms with Crippen molar-refractivity contribution in [2.24, 2.45) is 13.0 Å². The van der Waals surface area contributed by atoms with Crippen molar-refractivity contribution in [2.45, 2.75) is 43.8 Å². The van der Waals surface area contributed by atoms with Gasteiger partial charge in [-0.25, -0.2) is 9.29 Å². The molecular weight excluding hydrogens is 268 g/mol. The van der Waals surface area contributed by atoms with Crippen molar-refractivity contribution in [2.75, 3.05) is 26.2 Å². The number of piperidine rings is 2. The Labute approximate surface area is 126 Å². The summed E-state index contributed by atoms with van der Waals surface area (Å²) >= 11 is 1.81. The van der Waals surface area contributed by atoms with Gasteiger partial charge in [-0.05, 0) is 56.6 Å². The van der Waals surface area contributed by atoms with Crippen LogP contribution in [0.1, 0.15) is 32.6 Å².